The van der Waals surface area contributed by atoms with Gasteiger partial charge in [-0.1, -0.05) is 36.8 Å². The average Bonchev–Trinajstić information content (AvgIpc) is 2.64. The van der Waals surface area contributed by atoms with Crippen LogP contribution in [0.2, 0.25) is 0 Å². The van der Waals surface area contributed by atoms with Gasteiger partial charge in [0.1, 0.15) is 0 Å². The van der Waals surface area contributed by atoms with Crippen LogP contribution in [0.3, 0.4) is 0 Å². The van der Waals surface area contributed by atoms with Gasteiger partial charge in [0.25, 0.3) is 0 Å². The Balaban J connectivity index is 1.63. The zero-order chi connectivity index (χ0) is 17.5. The molecule has 0 spiro atoms. The predicted octanol–water partition coefficient (Wildman–Crippen LogP) is 2.05. The minimum atomic E-state index is 0.0674. The van der Waals surface area contributed by atoms with Crippen LogP contribution in [0.15, 0.2) is 30.3 Å². The van der Waals surface area contributed by atoms with Crippen LogP contribution in [0, 0.1) is 0 Å². The molecule has 0 bridgehead atoms. The smallest absolute Gasteiger partial charge is 0.234 e. The van der Waals surface area contributed by atoms with Crippen molar-refractivity contribution in [2.24, 2.45) is 0 Å². The summed E-state index contributed by atoms with van der Waals surface area (Å²) < 4.78 is 5.51. The van der Waals surface area contributed by atoms with E-state index in [4.69, 9.17) is 4.74 Å². The van der Waals surface area contributed by atoms with E-state index in [1.165, 1.54) is 24.8 Å². The number of carbonyl (C=O) groups excluding carboxylic acids is 1. The highest BCUT2D eigenvalue weighted by molar-refractivity contribution is 5.78. The highest BCUT2D eigenvalue weighted by Crippen LogP contribution is 2.25. The molecular formula is C20H31N3O2. The fourth-order valence-electron chi connectivity index (χ4n) is 4.02. The van der Waals surface area contributed by atoms with Gasteiger partial charge in [0.2, 0.25) is 5.91 Å². The van der Waals surface area contributed by atoms with Crippen molar-refractivity contribution in [3.8, 4) is 0 Å². The second-order valence-electron chi connectivity index (χ2n) is 7.20. The summed E-state index contributed by atoms with van der Waals surface area (Å²) in [5.41, 5.74) is 1.26. The Morgan fingerprint density at radius 1 is 1.08 bits per heavy atom. The van der Waals surface area contributed by atoms with Gasteiger partial charge in [-0.15, -0.1) is 0 Å². The number of piperidine rings is 1. The van der Waals surface area contributed by atoms with Crippen molar-refractivity contribution in [1.29, 1.82) is 0 Å². The normalized spacial score (nSPS) is 22.3. The molecule has 138 valence electrons. The largest absolute Gasteiger partial charge is 0.379 e. The zero-order valence-electron chi connectivity index (χ0n) is 15.3. The number of ether oxygens (including phenoxy) is 1. The molecule has 5 heteroatoms. The number of amides is 1. The number of nitrogens with zero attached hydrogens (tertiary/aromatic N) is 2. The lowest BCUT2D eigenvalue weighted by Crippen LogP contribution is -2.50. The predicted molar refractivity (Wildman–Crippen MR) is 99.5 cm³/mol. The van der Waals surface area contributed by atoms with E-state index in [1.54, 1.807) is 0 Å². The number of likely N-dealkylation sites (tertiary alicyclic amines) is 1. The van der Waals surface area contributed by atoms with Crippen molar-refractivity contribution < 1.29 is 9.53 Å². The number of carbonyl (C=O) groups is 1. The van der Waals surface area contributed by atoms with Gasteiger partial charge in [-0.25, -0.2) is 0 Å². The third-order valence-corrected chi connectivity index (χ3v) is 5.26. The summed E-state index contributed by atoms with van der Waals surface area (Å²) in [6.07, 6.45) is 3.72. The number of hydrogen-bond acceptors (Lipinski definition) is 4. The first kappa shape index (κ1) is 18.4. The van der Waals surface area contributed by atoms with Crippen molar-refractivity contribution in [3.63, 3.8) is 0 Å². The van der Waals surface area contributed by atoms with Gasteiger partial charge in [0.15, 0.2) is 0 Å². The molecule has 1 aromatic rings. The number of hydrogen-bond donors (Lipinski definition) is 1. The molecule has 0 aliphatic carbocycles. The number of benzene rings is 1. The van der Waals surface area contributed by atoms with E-state index >= 15 is 0 Å². The topological polar surface area (TPSA) is 44.8 Å². The summed E-state index contributed by atoms with van der Waals surface area (Å²) >= 11 is 0. The standard InChI is InChI=1S/C20H31N3O2/c1-17(21-19(24)16-22-10-6-3-7-11-22)20(18-8-4-2-5-9-18)23-12-14-25-15-13-23/h2,4-5,8-9,17,20H,3,6-7,10-16H2,1H3,(H,21,24)/t17-,20+/m0/s1. The van der Waals surface area contributed by atoms with Crippen LogP contribution >= 0.6 is 0 Å². The van der Waals surface area contributed by atoms with Crippen molar-refractivity contribution in [2.45, 2.75) is 38.3 Å². The molecule has 0 unspecified atom stereocenters. The Morgan fingerprint density at radius 2 is 1.76 bits per heavy atom. The molecule has 2 heterocycles. The van der Waals surface area contributed by atoms with Gasteiger partial charge in [-0.05, 0) is 38.4 Å². The van der Waals surface area contributed by atoms with Crippen LogP contribution in [0.5, 0.6) is 0 Å². The van der Waals surface area contributed by atoms with Gasteiger partial charge in [0.05, 0.1) is 25.8 Å². The minimum Gasteiger partial charge on any atom is -0.379 e. The van der Waals surface area contributed by atoms with E-state index in [9.17, 15) is 4.79 Å². The van der Waals surface area contributed by atoms with Crippen LogP contribution in [0.4, 0.5) is 0 Å². The average molecular weight is 345 g/mol. The lowest BCUT2D eigenvalue weighted by molar-refractivity contribution is -0.123. The summed E-state index contributed by atoms with van der Waals surface area (Å²) in [5.74, 6) is 0.142. The molecule has 1 amide bonds. The zero-order valence-corrected chi connectivity index (χ0v) is 15.3. The van der Waals surface area contributed by atoms with E-state index in [-0.39, 0.29) is 18.0 Å². The summed E-state index contributed by atoms with van der Waals surface area (Å²) in [5, 5.41) is 3.26. The Labute approximate surface area is 151 Å². The lowest BCUT2D eigenvalue weighted by atomic mass is 9.98. The summed E-state index contributed by atoms with van der Waals surface area (Å²) in [6, 6.07) is 10.8. The monoisotopic (exact) mass is 345 g/mol. The van der Waals surface area contributed by atoms with Crippen LogP contribution < -0.4 is 5.32 Å². The molecular weight excluding hydrogens is 314 g/mol. The van der Waals surface area contributed by atoms with E-state index in [2.05, 4.69) is 46.3 Å². The molecule has 1 aromatic carbocycles. The maximum Gasteiger partial charge on any atom is 0.234 e. The minimum absolute atomic E-state index is 0.0674. The maximum absolute atomic E-state index is 12.5. The molecule has 2 saturated heterocycles. The van der Waals surface area contributed by atoms with E-state index in [0.29, 0.717) is 6.54 Å². The molecule has 2 atom stereocenters. The quantitative estimate of drug-likeness (QED) is 0.857. The van der Waals surface area contributed by atoms with E-state index < -0.39 is 0 Å². The maximum atomic E-state index is 12.5. The van der Waals surface area contributed by atoms with Gasteiger partial charge in [-0.3, -0.25) is 14.6 Å². The van der Waals surface area contributed by atoms with Crippen LogP contribution in [0.25, 0.3) is 0 Å². The van der Waals surface area contributed by atoms with Crippen molar-refractivity contribution >= 4 is 5.91 Å². The first-order valence-corrected chi connectivity index (χ1v) is 9.62. The Kier molecular flexibility index (Phi) is 6.84. The fourth-order valence-corrected chi connectivity index (χ4v) is 4.02. The first-order valence-electron chi connectivity index (χ1n) is 9.62. The lowest BCUT2D eigenvalue weighted by Gasteiger charge is -2.38. The van der Waals surface area contributed by atoms with E-state index in [0.717, 1.165) is 39.4 Å². The van der Waals surface area contributed by atoms with Crippen LogP contribution in [0.1, 0.15) is 37.8 Å². The third kappa shape index (κ3) is 5.27. The SMILES string of the molecule is C[C@H](NC(=O)CN1CCCCC1)[C@H](c1ccccc1)N1CCOCC1. The van der Waals surface area contributed by atoms with Crippen LogP contribution in [-0.2, 0) is 9.53 Å². The van der Waals surface area contributed by atoms with Crippen molar-refractivity contribution in [1.82, 2.24) is 15.1 Å². The molecule has 0 aromatic heterocycles. The Bertz CT molecular complexity index is 525. The number of nitrogens with one attached hydrogen (secondary N) is 1. The van der Waals surface area contributed by atoms with E-state index in [1.807, 2.05) is 6.07 Å². The molecule has 2 aliphatic heterocycles. The van der Waals surface area contributed by atoms with Crippen molar-refractivity contribution in [3.05, 3.63) is 35.9 Å². The van der Waals surface area contributed by atoms with Crippen molar-refractivity contribution in [2.75, 3.05) is 45.9 Å². The Hall–Kier alpha value is -1.43. The third-order valence-electron chi connectivity index (χ3n) is 5.26. The van der Waals surface area contributed by atoms with Crippen LogP contribution in [-0.4, -0.2) is 67.7 Å². The summed E-state index contributed by atoms with van der Waals surface area (Å²) in [7, 11) is 0. The molecule has 1 N–H and O–H groups in total. The second kappa shape index (κ2) is 9.32. The highest BCUT2D eigenvalue weighted by Gasteiger charge is 2.29. The second-order valence-corrected chi connectivity index (χ2v) is 7.20. The molecule has 0 radical (unpaired) electrons. The fraction of sp³-hybridized carbons (Fsp3) is 0.650. The molecule has 2 aliphatic rings. The first-order chi connectivity index (χ1) is 12.2. The number of morpholine rings is 1. The molecule has 0 saturated carbocycles. The highest BCUT2D eigenvalue weighted by atomic mass is 16.5. The summed E-state index contributed by atoms with van der Waals surface area (Å²) in [6.45, 7) is 8.09. The summed E-state index contributed by atoms with van der Waals surface area (Å²) in [4.78, 5) is 17.3. The molecule has 3 rings (SSSR count). The number of rotatable bonds is 6. The Morgan fingerprint density at radius 3 is 2.44 bits per heavy atom. The molecule has 5 nitrogen and oxygen atoms in total. The van der Waals surface area contributed by atoms with Gasteiger partial charge < -0.3 is 10.1 Å². The van der Waals surface area contributed by atoms with Gasteiger partial charge in [-0.2, -0.15) is 0 Å². The molecule has 25 heavy (non-hydrogen) atoms. The molecule has 2 fully saturated rings. The van der Waals surface area contributed by atoms with Gasteiger partial charge in [0, 0.05) is 19.1 Å². The van der Waals surface area contributed by atoms with Gasteiger partial charge >= 0.3 is 0 Å².